The van der Waals surface area contributed by atoms with Crippen LogP contribution in [0, 0.1) is 11.6 Å². The van der Waals surface area contributed by atoms with E-state index in [9.17, 15) is 8.78 Å². The predicted octanol–water partition coefficient (Wildman–Crippen LogP) is 6.05. The van der Waals surface area contributed by atoms with E-state index in [-0.39, 0.29) is 30.8 Å². The van der Waals surface area contributed by atoms with Gasteiger partial charge in [-0.2, -0.15) is 8.78 Å². The van der Waals surface area contributed by atoms with Crippen LogP contribution in [0.4, 0.5) is 8.78 Å². The Morgan fingerprint density at radius 2 is 1.62 bits per heavy atom. The molecular weight excluding hydrogens is 374 g/mol. The van der Waals surface area contributed by atoms with E-state index in [0.29, 0.717) is 12.5 Å². The van der Waals surface area contributed by atoms with Crippen molar-refractivity contribution in [2.24, 2.45) is 0 Å². The Labute approximate surface area is 172 Å². The zero-order valence-electron chi connectivity index (χ0n) is 17.3. The van der Waals surface area contributed by atoms with E-state index in [1.54, 1.807) is 6.92 Å². The lowest BCUT2D eigenvalue weighted by molar-refractivity contribution is -0.0219. The fourth-order valence-corrected chi connectivity index (χ4v) is 3.61. The lowest BCUT2D eigenvalue weighted by Crippen LogP contribution is -2.29. The molecule has 1 aliphatic rings. The first-order valence-electron chi connectivity index (χ1n) is 10.6. The minimum atomic E-state index is -1.02. The van der Waals surface area contributed by atoms with Gasteiger partial charge in [0.2, 0.25) is 11.6 Å². The predicted molar refractivity (Wildman–Crippen MR) is 110 cm³/mol. The molecule has 29 heavy (non-hydrogen) atoms. The summed E-state index contributed by atoms with van der Waals surface area (Å²) in [6.45, 7) is 5.01. The summed E-state index contributed by atoms with van der Waals surface area (Å²) in [5.74, 6) is -1.88. The van der Waals surface area contributed by atoms with E-state index >= 15 is 0 Å². The maximum Gasteiger partial charge on any atom is 0.204 e. The number of halogens is 2. The van der Waals surface area contributed by atoms with Gasteiger partial charge in [-0.1, -0.05) is 37.6 Å². The lowest BCUT2D eigenvalue weighted by atomic mass is 9.90. The molecular formula is C24H30F2O3. The summed E-state index contributed by atoms with van der Waals surface area (Å²) in [7, 11) is 0. The number of ether oxygens (including phenoxy) is 3. The van der Waals surface area contributed by atoms with Crippen molar-refractivity contribution >= 4 is 0 Å². The van der Waals surface area contributed by atoms with Gasteiger partial charge >= 0.3 is 0 Å². The van der Waals surface area contributed by atoms with E-state index in [2.05, 4.69) is 31.2 Å². The van der Waals surface area contributed by atoms with Crippen LogP contribution in [0.25, 0.3) is 0 Å². The van der Waals surface area contributed by atoms with E-state index in [0.717, 1.165) is 19.3 Å². The van der Waals surface area contributed by atoms with Gasteiger partial charge in [-0.15, -0.1) is 0 Å². The Balaban J connectivity index is 1.48. The Hall–Kier alpha value is -2.14. The first-order chi connectivity index (χ1) is 14.1. The van der Waals surface area contributed by atoms with Crippen LogP contribution in [0.1, 0.15) is 56.6 Å². The largest absolute Gasteiger partial charge is 0.491 e. The van der Waals surface area contributed by atoms with Crippen LogP contribution in [-0.2, 0) is 11.2 Å². The molecule has 2 aromatic rings. The molecule has 1 heterocycles. The van der Waals surface area contributed by atoms with Crippen LogP contribution in [0.5, 0.6) is 11.5 Å². The van der Waals surface area contributed by atoms with E-state index in [1.165, 1.54) is 36.1 Å². The van der Waals surface area contributed by atoms with Gasteiger partial charge < -0.3 is 14.2 Å². The molecule has 0 spiro atoms. The summed E-state index contributed by atoms with van der Waals surface area (Å²) in [5.41, 5.74) is 2.67. The molecule has 2 atom stereocenters. The molecule has 0 N–H and O–H groups in total. The summed E-state index contributed by atoms with van der Waals surface area (Å²) < 4.78 is 44.5. The number of hydrogen-bond acceptors (Lipinski definition) is 3. The highest BCUT2D eigenvalue weighted by atomic mass is 19.2. The lowest BCUT2D eigenvalue weighted by Gasteiger charge is -2.29. The summed E-state index contributed by atoms with van der Waals surface area (Å²) in [5, 5.41) is 0. The first kappa shape index (κ1) is 21.6. The van der Waals surface area contributed by atoms with Gasteiger partial charge in [-0.25, -0.2) is 0 Å². The third-order valence-corrected chi connectivity index (χ3v) is 5.38. The van der Waals surface area contributed by atoms with Gasteiger partial charge in [0.05, 0.1) is 19.3 Å². The van der Waals surface area contributed by atoms with Crippen LogP contribution in [-0.4, -0.2) is 25.9 Å². The van der Waals surface area contributed by atoms with Crippen molar-refractivity contribution in [2.45, 2.75) is 58.0 Å². The molecule has 0 amide bonds. The van der Waals surface area contributed by atoms with Crippen molar-refractivity contribution in [3.63, 3.8) is 0 Å². The highest BCUT2D eigenvalue weighted by Gasteiger charge is 2.24. The summed E-state index contributed by atoms with van der Waals surface area (Å²) in [6, 6.07) is 11.6. The van der Waals surface area contributed by atoms with Crippen LogP contribution in [0.15, 0.2) is 36.4 Å². The van der Waals surface area contributed by atoms with Crippen LogP contribution >= 0.6 is 0 Å². The molecule has 158 valence electrons. The highest BCUT2D eigenvalue weighted by molar-refractivity contribution is 5.35. The zero-order valence-corrected chi connectivity index (χ0v) is 17.3. The Morgan fingerprint density at radius 3 is 2.21 bits per heavy atom. The monoisotopic (exact) mass is 404 g/mol. The van der Waals surface area contributed by atoms with Crippen LogP contribution < -0.4 is 9.47 Å². The van der Waals surface area contributed by atoms with Gasteiger partial charge in [-0.05, 0) is 55.9 Å². The standard InChI is InChI=1S/C24H30F2O3/c1-3-5-6-17-7-9-18(10-8-17)19-11-12-20(28-15-19)16-29-22-14-13-21(27-4-2)23(25)24(22)26/h7-10,13-14,19-20H,3-6,11-12,15-16H2,1-2H3. The fraction of sp³-hybridized carbons (Fsp3) is 0.500. The first-order valence-corrected chi connectivity index (χ1v) is 10.6. The minimum Gasteiger partial charge on any atom is -0.491 e. The van der Waals surface area contributed by atoms with Gasteiger partial charge in [0.1, 0.15) is 6.61 Å². The molecule has 0 radical (unpaired) electrons. The van der Waals surface area contributed by atoms with Crippen LogP contribution in [0.3, 0.4) is 0 Å². The number of hydrogen-bond donors (Lipinski definition) is 0. The van der Waals surface area contributed by atoms with Gasteiger partial charge in [-0.3, -0.25) is 0 Å². The third-order valence-electron chi connectivity index (χ3n) is 5.38. The normalized spacial score (nSPS) is 19.2. The molecule has 2 unspecified atom stereocenters. The molecule has 3 rings (SSSR count). The smallest absolute Gasteiger partial charge is 0.204 e. The van der Waals surface area contributed by atoms with Crippen molar-refractivity contribution in [3.05, 3.63) is 59.2 Å². The molecule has 0 aromatic heterocycles. The average Bonchev–Trinajstić information content (AvgIpc) is 2.76. The second-order valence-corrected chi connectivity index (χ2v) is 7.51. The maximum atomic E-state index is 14.1. The van der Waals surface area contributed by atoms with Crippen molar-refractivity contribution < 1.29 is 23.0 Å². The molecule has 0 aliphatic carbocycles. The van der Waals surface area contributed by atoms with Gasteiger partial charge in [0.15, 0.2) is 11.5 Å². The van der Waals surface area contributed by atoms with Crippen molar-refractivity contribution in [2.75, 3.05) is 19.8 Å². The second kappa shape index (κ2) is 10.6. The minimum absolute atomic E-state index is 0.102. The average molecular weight is 404 g/mol. The molecule has 1 fully saturated rings. The molecule has 3 nitrogen and oxygen atoms in total. The van der Waals surface area contributed by atoms with Crippen molar-refractivity contribution in [1.82, 2.24) is 0 Å². The molecule has 1 aliphatic heterocycles. The molecule has 2 aromatic carbocycles. The quantitative estimate of drug-likeness (QED) is 0.509. The maximum absolute atomic E-state index is 14.1. The van der Waals surface area contributed by atoms with Gasteiger partial charge in [0, 0.05) is 5.92 Å². The third kappa shape index (κ3) is 5.69. The molecule has 1 saturated heterocycles. The topological polar surface area (TPSA) is 27.7 Å². The fourth-order valence-electron chi connectivity index (χ4n) is 3.61. The summed E-state index contributed by atoms with van der Waals surface area (Å²) in [4.78, 5) is 0. The number of aryl methyl sites for hydroxylation is 1. The highest BCUT2D eigenvalue weighted by Crippen LogP contribution is 2.31. The summed E-state index contributed by atoms with van der Waals surface area (Å²) in [6.07, 6.45) is 5.23. The number of rotatable bonds is 9. The van der Waals surface area contributed by atoms with Gasteiger partial charge in [0.25, 0.3) is 0 Å². The van der Waals surface area contributed by atoms with Crippen LogP contribution in [0.2, 0.25) is 0 Å². The Bertz CT molecular complexity index is 768. The zero-order chi connectivity index (χ0) is 20.6. The van der Waals surface area contributed by atoms with Crippen molar-refractivity contribution in [1.29, 1.82) is 0 Å². The molecule has 0 bridgehead atoms. The Morgan fingerprint density at radius 1 is 0.931 bits per heavy atom. The van der Waals surface area contributed by atoms with E-state index in [4.69, 9.17) is 14.2 Å². The molecule has 0 saturated carbocycles. The van der Waals surface area contributed by atoms with E-state index in [1.807, 2.05) is 0 Å². The number of benzene rings is 2. The van der Waals surface area contributed by atoms with Crippen molar-refractivity contribution in [3.8, 4) is 11.5 Å². The second-order valence-electron chi connectivity index (χ2n) is 7.51. The Kier molecular flexibility index (Phi) is 7.87. The van der Waals surface area contributed by atoms with E-state index < -0.39 is 11.6 Å². The molecule has 5 heteroatoms. The number of unbranched alkanes of at least 4 members (excludes halogenated alkanes) is 1. The summed E-state index contributed by atoms with van der Waals surface area (Å²) >= 11 is 0. The SMILES string of the molecule is CCCCc1ccc(C2CCC(COc3ccc(OCC)c(F)c3F)OC2)cc1.